The monoisotopic (exact) mass is 292 g/mol. The van der Waals surface area contributed by atoms with E-state index >= 15 is 0 Å². The van der Waals surface area contributed by atoms with Crippen LogP contribution in [0.3, 0.4) is 0 Å². The Labute approximate surface area is 125 Å². The van der Waals surface area contributed by atoms with Gasteiger partial charge in [0.25, 0.3) is 0 Å². The number of nitrogens with one attached hydrogen (secondary N) is 2. The van der Waals surface area contributed by atoms with Crippen molar-refractivity contribution in [3.8, 4) is 11.3 Å². The molecule has 108 valence electrons. The van der Waals surface area contributed by atoms with Crippen LogP contribution in [0.25, 0.3) is 22.5 Å². The van der Waals surface area contributed by atoms with Gasteiger partial charge in [-0.15, -0.1) is 0 Å². The van der Waals surface area contributed by atoms with Crippen LogP contribution in [-0.2, 0) is 6.54 Å². The Morgan fingerprint density at radius 1 is 1.09 bits per heavy atom. The average Bonchev–Trinajstić information content (AvgIpc) is 3.23. The number of fused-ring (bicyclic) bond motifs is 1. The molecule has 3 aromatic heterocycles. The van der Waals surface area contributed by atoms with Crippen LogP contribution < -0.4 is 5.32 Å². The van der Waals surface area contributed by atoms with Crippen molar-refractivity contribution in [1.29, 1.82) is 0 Å². The zero-order valence-electron chi connectivity index (χ0n) is 11.5. The van der Waals surface area contributed by atoms with Gasteiger partial charge in [-0.1, -0.05) is 35.5 Å². The largest absolute Gasteiger partial charge is 0.362 e. The van der Waals surface area contributed by atoms with E-state index in [9.17, 15) is 0 Å². The summed E-state index contributed by atoms with van der Waals surface area (Å²) in [6.45, 7) is 0.501. The Balaban J connectivity index is 1.53. The van der Waals surface area contributed by atoms with E-state index in [1.807, 2.05) is 36.4 Å². The summed E-state index contributed by atoms with van der Waals surface area (Å²) >= 11 is 0. The number of benzene rings is 1. The molecule has 0 aliphatic rings. The van der Waals surface area contributed by atoms with Crippen molar-refractivity contribution >= 4 is 17.0 Å². The molecule has 4 aromatic rings. The summed E-state index contributed by atoms with van der Waals surface area (Å²) in [5.41, 5.74) is 3.20. The van der Waals surface area contributed by atoms with Gasteiger partial charge in [-0.3, -0.25) is 0 Å². The average molecular weight is 292 g/mol. The molecule has 7 nitrogen and oxygen atoms in total. The molecule has 0 spiro atoms. The number of aromatic nitrogens is 5. The summed E-state index contributed by atoms with van der Waals surface area (Å²) in [6, 6.07) is 11.8. The highest BCUT2D eigenvalue weighted by molar-refractivity contribution is 5.81. The number of H-pyrrole nitrogens is 1. The van der Waals surface area contributed by atoms with Gasteiger partial charge in [0.1, 0.15) is 17.5 Å². The molecule has 0 unspecified atom stereocenters. The van der Waals surface area contributed by atoms with Crippen molar-refractivity contribution in [2.24, 2.45) is 0 Å². The quantitative estimate of drug-likeness (QED) is 0.600. The molecule has 0 amide bonds. The Bertz CT molecular complexity index is 898. The minimum Gasteiger partial charge on any atom is -0.362 e. The predicted octanol–water partition coefficient (Wildman–Crippen LogP) is 2.62. The summed E-state index contributed by atoms with van der Waals surface area (Å²) in [5.74, 6) is 1.43. The Morgan fingerprint density at radius 3 is 2.91 bits per heavy atom. The number of hydrogen-bond acceptors (Lipinski definition) is 6. The molecule has 0 saturated carbocycles. The number of nitrogens with zero attached hydrogens (tertiary/aromatic N) is 4. The van der Waals surface area contributed by atoms with Crippen molar-refractivity contribution in [2.45, 2.75) is 6.54 Å². The van der Waals surface area contributed by atoms with E-state index in [0.717, 1.165) is 22.5 Å². The number of imidazole rings is 1. The molecular weight excluding hydrogens is 280 g/mol. The van der Waals surface area contributed by atoms with Crippen LogP contribution in [0.5, 0.6) is 0 Å². The third kappa shape index (κ3) is 2.28. The van der Waals surface area contributed by atoms with Crippen molar-refractivity contribution < 1.29 is 4.52 Å². The lowest BCUT2D eigenvalue weighted by Gasteiger charge is -2.02. The van der Waals surface area contributed by atoms with E-state index in [-0.39, 0.29) is 0 Å². The van der Waals surface area contributed by atoms with Crippen molar-refractivity contribution in [2.75, 3.05) is 5.32 Å². The second-order valence-electron chi connectivity index (χ2n) is 4.73. The number of rotatable bonds is 4. The molecule has 0 saturated heterocycles. The normalized spacial score (nSPS) is 10.9. The summed E-state index contributed by atoms with van der Waals surface area (Å²) < 4.78 is 5.37. The highest BCUT2D eigenvalue weighted by Gasteiger charge is 2.09. The number of anilines is 1. The van der Waals surface area contributed by atoms with E-state index in [4.69, 9.17) is 4.52 Å². The van der Waals surface area contributed by atoms with Crippen LogP contribution in [0.15, 0.2) is 53.6 Å². The molecule has 2 N–H and O–H groups in total. The highest BCUT2D eigenvalue weighted by Crippen LogP contribution is 2.21. The fourth-order valence-electron chi connectivity index (χ4n) is 2.21. The van der Waals surface area contributed by atoms with Crippen LogP contribution in [0.1, 0.15) is 5.69 Å². The lowest BCUT2D eigenvalue weighted by molar-refractivity contribution is 0.424. The fourth-order valence-corrected chi connectivity index (χ4v) is 2.21. The van der Waals surface area contributed by atoms with Crippen LogP contribution >= 0.6 is 0 Å². The first-order valence-electron chi connectivity index (χ1n) is 6.79. The van der Waals surface area contributed by atoms with E-state index in [1.54, 1.807) is 6.33 Å². The molecule has 4 rings (SSSR count). The molecule has 3 heterocycles. The maximum atomic E-state index is 5.37. The molecular formula is C15H12N6O. The molecule has 0 aliphatic heterocycles. The molecule has 0 fully saturated rings. The summed E-state index contributed by atoms with van der Waals surface area (Å²) in [5, 5.41) is 7.28. The molecule has 0 bridgehead atoms. The van der Waals surface area contributed by atoms with Gasteiger partial charge < -0.3 is 14.8 Å². The van der Waals surface area contributed by atoms with Crippen LogP contribution in [0.4, 0.5) is 5.82 Å². The van der Waals surface area contributed by atoms with Crippen LogP contribution in [0.2, 0.25) is 0 Å². The zero-order valence-corrected chi connectivity index (χ0v) is 11.5. The predicted molar refractivity (Wildman–Crippen MR) is 80.9 cm³/mol. The minimum absolute atomic E-state index is 0.501. The maximum absolute atomic E-state index is 5.37. The van der Waals surface area contributed by atoms with Gasteiger partial charge in [0.2, 0.25) is 0 Å². The minimum atomic E-state index is 0.501. The Hall–Kier alpha value is -3.22. The second-order valence-corrected chi connectivity index (χ2v) is 4.73. The van der Waals surface area contributed by atoms with Gasteiger partial charge in [-0.05, 0) is 0 Å². The van der Waals surface area contributed by atoms with E-state index < -0.39 is 0 Å². The van der Waals surface area contributed by atoms with Gasteiger partial charge in [0.05, 0.1) is 12.9 Å². The van der Waals surface area contributed by atoms with Crippen molar-refractivity contribution in [1.82, 2.24) is 25.1 Å². The molecule has 7 heteroatoms. The van der Waals surface area contributed by atoms with Gasteiger partial charge >= 0.3 is 0 Å². The van der Waals surface area contributed by atoms with Gasteiger partial charge in [0.15, 0.2) is 17.2 Å². The van der Waals surface area contributed by atoms with Crippen LogP contribution in [-0.4, -0.2) is 25.1 Å². The van der Waals surface area contributed by atoms with Gasteiger partial charge in [-0.25, -0.2) is 15.0 Å². The molecule has 0 atom stereocenters. The summed E-state index contributed by atoms with van der Waals surface area (Å²) in [7, 11) is 0. The first-order valence-corrected chi connectivity index (χ1v) is 6.79. The van der Waals surface area contributed by atoms with Gasteiger partial charge in [0, 0.05) is 11.6 Å². The van der Waals surface area contributed by atoms with Gasteiger partial charge in [-0.2, -0.15) is 0 Å². The molecule has 0 aliphatic carbocycles. The van der Waals surface area contributed by atoms with Crippen molar-refractivity contribution in [3.63, 3.8) is 0 Å². The maximum Gasteiger partial charge on any atom is 0.182 e. The lowest BCUT2D eigenvalue weighted by Crippen LogP contribution is -2.02. The lowest BCUT2D eigenvalue weighted by atomic mass is 10.2. The Morgan fingerprint density at radius 2 is 2.00 bits per heavy atom. The first kappa shape index (κ1) is 12.5. The third-order valence-electron chi connectivity index (χ3n) is 3.28. The summed E-state index contributed by atoms with van der Waals surface area (Å²) in [6.07, 6.45) is 3.07. The molecule has 1 aromatic carbocycles. The summed E-state index contributed by atoms with van der Waals surface area (Å²) in [4.78, 5) is 15.4. The topological polar surface area (TPSA) is 92.5 Å². The molecule has 0 radical (unpaired) electrons. The number of aromatic amines is 1. The van der Waals surface area contributed by atoms with E-state index in [2.05, 4.69) is 30.4 Å². The highest BCUT2D eigenvalue weighted by atomic mass is 16.5. The van der Waals surface area contributed by atoms with Crippen molar-refractivity contribution in [3.05, 3.63) is 54.7 Å². The SMILES string of the molecule is c1ccc(-c2cc(CNc3ncnc4nc[nH]c34)no2)cc1. The molecule has 22 heavy (non-hydrogen) atoms. The fraction of sp³-hybridized carbons (Fsp3) is 0.0667. The van der Waals surface area contributed by atoms with E-state index in [0.29, 0.717) is 18.0 Å². The zero-order chi connectivity index (χ0) is 14.8. The smallest absolute Gasteiger partial charge is 0.182 e. The first-order chi connectivity index (χ1) is 10.9. The van der Waals surface area contributed by atoms with E-state index in [1.165, 1.54) is 6.33 Å². The Kier molecular flexibility index (Phi) is 3.01. The standard InChI is InChI=1S/C15H12N6O/c1-2-4-10(5-3-1)12-6-11(21-22-12)7-16-14-13-15(18-8-17-13)20-9-19-14/h1-6,8-9H,7H2,(H2,16,17,18,19,20). The number of hydrogen-bond donors (Lipinski definition) is 2. The second kappa shape index (κ2) is 5.28. The third-order valence-corrected chi connectivity index (χ3v) is 3.28. The van der Waals surface area contributed by atoms with Crippen LogP contribution in [0, 0.1) is 0 Å².